The highest BCUT2D eigenvalue weighted by Crippen LogP contribution is 2.53. The van der Waals surface area contributed by atoms with Gasteiger partial charge in [-0.1, -0.05) is 18.8 Å². The second-order valence-corrected chi connectivity index (χ2v) is 12.8. The lowest BCUT2D eigenvalue weighted by molar-refractivity contribution is -0.225. The van der Waals surface area contributed by atoms with Gasteiger partial charge >= 0.3 is 6.18 Å². The zero-order chi connectivity index (χ0) is 30.1. The summed E-state index contributed by atoms with van der Waals surface area (Å²) in [6, 6.07) is 4.04. The smallest absolute Gasteiger partial charge is 0.405 e. The third-order valence-corrected chi connectivity index (χ3v) is 9.87. The maximum absolute atomic E-state index is 14.1. The van der Waals surface area contributed by atoms with Crippen molar-refractivity contribution in [3.8, 4) is 17.7 Å². The molecule has 0 saturated heterocycles. The molecule has 13 heteroatoms. The van der Waals surface area contributed by atoms with Gasteiger partial charge in [0.15, 0.2) is 5.00 Å². The highest BCUT2D eigenvalue weighted by Gasteiger charge is 2.57. The first kappa shape index (κ1) is 30.4. The number of carbonyl (C=O) groups excluding carboxylic acids is 1. The number of nitrogens with zero attached hydrogens (tertiary/aromatic N) is 3. The third-order valence-electron chi connectivity index (χ3n) is 8.86. The summed E-state index contributed by atoms with van der Waals surface area (Å²) in [5, 5.41) is 26.3. The minimum absolute atomic E-state index is 0.0642. The molecule has 0 radical (unpaired) electrons. The lowest BCUT2D eigenvalue weighted by atomic mass is 9.69. The summed E-state index contributed by atoms with van der Waals surface area (Å²) < 4.78 is 47.0. The quantitative estimate of drug-likeness (QED) is 0.270. The van der Waals surface area contributed by atoms with Crippen LogP contribution >= 0.6 is 11.3 Å². The van der Waals surface area contributed by atoms with Gasteiger partial charge in [-0.15, -0.1) is 21.7 Å². The molecule has 1 amide bonds. The minimum Gasteiger partial charge on any atom is -0.473 e. The summed E-state index contributed by atoms with van der Waals surface area (Å²) in [6.45, 7) is 2.16. The van der Waals surface area contributed by atoms with Crippen molar-refractivity contribution >= 4 is 27.9 Å². The largest absolute Gasteiger partial charge is 0.473 e. The van der Waals surface area contributed by atoms with E-state index >= 15 is 0 Å². The number of alkyl halides is 3. The number of amides is 1. The Balaban J connectivity index is 1.42. The van der Waals surface area contributed by atoms with Crippen LogP contribution in [0.4, 0.5) is 23.9 Å². The molecule has 2 heterocycles. The number of H-pyrrole nitrogens is 1. The SMILES string of the molecule is CC1CCC(C(=O)N(c2cc(C#CC3(C(F)(F)F)CCC3)sc2N(O)O)C2CCC(Oc3ccc(=O)[nH]n3)CC2)CC1. The highest BCUT2D eigenvalue weighted by atomic mass is 32.1. The molecule has 0 aliphatic heterocycles. The first-order chi connectivity index (χ1) is 20.0. The van der Waals surface area contributed by atoms with Gasteiger partial charge in [0.1, 0.15) is 11.5 Å². The van der Waals surface area contributed by atoms with E-state index in [4.69, 9.17) is 4.74 Å². The molecule has 3 saturated carbocycles. The van der Waals surface area contributed by atoms with Gasteiger partial charge in [-0.3, -0.25) is 20.0 Å². The van der Waals surface area contributed by atoms with Crippen LogP contribution in [0.3, 0.4) is 0 Å². The van der Waals surface area contributed by atoms with E-state index in [1.165, 1.54) is 18.2 Å². The first-order valence-electron chi connectivity index (χ1n) is 14.4. The van der Waals surface area contributed by atoms with E-state index in [0.717, 1.165) is 37.0 Å². The normalized spacial score (nSPS) is 25.5. The molecule has 228 valence electrons. The summed E-state index contributed by atoms with van der Waals surface area (Å²) in [7, 11) is 0. The van der Waals surface area contributed by atoms with Crippen molar-refractivity contribution in [2.75, 3.05) is 10.1 Å². The summed E-state index contributed by atoms with van der Waals surface area (Å²) in [5.74, 6) is 5.52. The van der Waals surface area contributed by atoms with Crippen LogP contribution in [-0.4, -0.2) is 44.8 Å². The second-order valence-electron chi connectivity index (χ2n) is 11.7. The fraction of sp³-hybridized carbons (Fsp3) is 0.621. The van der Waals surface area contributed by atoms with Gasteiger partial charge in [-0.25, -0.2) is 5.10 Å². The molecule has 3 N–H and O–H groups in total. The molecule has 2 aromatic heterocycles. The molecule has 0 bridgehead atoms. The number of hydrogen-bond donors (Lipinski definition) is 3. The van der Waals surface area contributed by atoms with Crippen LogP contribution in [0.15, 0.2) is 23.0 Å². The van der Waals surface area contributed by atoms with Crippen molar-refractivity contribution in [3.63, 3.8) is 0 Å². The molecule has 0 unspecified atom stereocenters. The number of halogens is 3. The average molecular weight is 609 g/mol. The van der Waals surface area contributed by atoms with E-state index < -0.39 is 11.6 Å². The van der Waals surface area contributed by atoms with Crippen LogP contribution in [0.5, 0.6) is 5.88 Å². The van der Waals surface area contributed by atoms with Crippen molar-refractivity contribution < 1.29 is 33.1 Å². The molecule has 42 heavy (non-hydrogen) atoms. The third kappa shape index (κ3) is 6.45. The Morgan fingerprint density at radius 2 is 1.81 bits per heavy atom. The number of thiophene rings is 1. The second kappa shape index (κ2) is 12.3. The topological polar surface area (TPSA) is 119 Å². The maximum atomic E-state index is 14.1. The van der Waals surface area contributed by atoms with E-state index in [1.54, 1.807) is 4.90 Å². The predicted octanol–water partition coefficient (Wildman–Crippen LogP) is 6.05. The Bertz CT molecular complexity index is 1360. The van der Waals surface area contributed by atoms with E-state index in [0.29, 0.717) is 43.9 Å². The molecule has 0 atom stereocenters. The number of aromatic nitrogens is 2. The molecule has 5 rings (SSSR count). The fourth-order valence-corrected chi connectivity index (χ4v) is 6.95. The summed E-state index contributed by atoms with van der Waals surface area (Å²) in [4.78, 5) is 27.2. The Morgan fingerprint density at radius 3 is 2.36 bits per heavy atom. The summed E-state index contributed by atoms with van der Waals surface area (Å²) >= 11 is 0.843. The monoisotopic (exact) mass is 608 g/mol. The van der Waals surface area contributed by atoms with Crippen molar-refractivity contribution in [2.24, 2.45) is 17.3 Å². The zero-order valence-corrected chi connectivity index (χ0v) is 24.1. The standard InChI is InChI=1S/C29H35F3N4O5S/c1-18-3-5-19(6-4-18)26(38)35(20-7-9-21(10-8-20)41-25-12-11-24(37)33-34-25)23-17-22(42-27(23)36(39)40)13-16-28(14-2-15-28)29(30,31)32/h11-12,17-21,39-40H,2-10,14-15H2,1H3,(H,33,37). The number of ether oxygens (including phenoxy) is 1. The Labute approximate surface area is 245 Å². The van der Waals surface area contributed by atoms with Crippen LogP contribution < -0.4 is 20.4 Å². The van der Waals surface area contributed by atoms with Gasteiger partial charge in [0, 0.05) is 24.1 Å². The number of carbonyl (C=O) groups is 1. The predicted molar refractivity (Wildman–Crippen MR) is 150 cm³/mol. The highest BCUT2D eigenvalue weighted by molar-refractivity contribution is 7.17. The molecule has 2 aromatic rings. The Kier molecular flexibility index (Phi) is 8.87. The van der Waals surface area contributed by atoms with Crippen molar-refractivity contribution in [1.29, 1.82) is 0 Å². The van der Waals surface area contributed by atoms with Gasteiger partial charge in [0.05, 0.1) is 10.6 Å². The molecule has 0 spiro atoms. The van der Waals surface area contributed by atoms with Gasteiger partial charge in [-0.2, -0.15) is 13.2 Å². The van der Waals surface area contributed by atoms with Crippen molar-refractivity contribution in [3.05, 3.63) is 33.4 Å². The average Bonchev–Trinajstić information content (AvgIpc) is 3.34. The van der Waals surface area contributed by atoms with Gasteiger partial charge in [0.25, 0.3) is 5.56 Å². The number of rotatable bonds is 6. The molecule has 3 aliphatic carbocycles. The lowest BCUT2D eigenvalue weighted by Gasteiger charge is -2.39. The minimum atomic E-state index is -4.45. The van der Waals surface area contributed by atoms with Crippen molar-refractivity contribution in [2.45, 2.75) is 95.9 Å². The lowest BCUT2D eigenvalue weighted by Crippen LogP contribution is -2.47. The van der Waals surface area contributed by atoms with Crippen LogP contribution in [0.2, 0.25) is 0 Å². The Hall–Kier alpha value is -3.08. The fourth-order valence-electron chi connectivity index (χ4n) is 6.13. The van der Waals surface area contributed by atoms with Crippen molar-refractivity contribution in [1.82, 2.24) is 10.2 Å². The van der Waals surface area contributed by atoms with E-state index in [9.17, 15) is 33.2 Å². The zero-order valence-electron chi connectivity index (χ0n) is 23.3. The molecule has 9 nitrogen and oxygen atoms in total. The van der Waals surface area contributed by atoms with Crippen LogP contribution in [-0.2, 0) is 4.79 Å². The number of nitrogens with one attached hydrogen (secondary N) is 1. The Morgan fingerprint density at radius 1 is 1.12 bits per heavy atom. The van der Waals surface area contributed by atoms with E-state index in [1.807, 2.05) is 0 Å². The van der Waals surface area contributed by atoms with Gasteiger partial charge < -0.3 is 9.64 Å². The molecule has 3 fully saturated rings. The number of hydrogen-bond acceptors (Lipinski definition) is 8. The number of anilines is 2. The van der Waals surface area contributed by atoms with E-state index in [-0.39, 0.29) is 63.2 Å². The van der Waals surface area contributed by atoms with Crippen LogP contribution in [0.25, 0.3) is 0 Å². The van der Waals surface area contributed by atoms with E-state index in [2.05, 4.69) is 29.0 Å². The van der Waals surface area contributed by atoms with Gasteiger partial charge in [0.2, 0.25) is 11.8 Å². The molecule has 0 aromatic carbocycles. The summed E-state index contributed by atoms with van der Waals surface area (Å²) in [5.41, 5.74) is -2.15. The van der Waals surface area contributed by atoms with Gasteiger partial charge in [-0.05, 0) is 82.6 Å². The van der Waals surface area contributed by atoms with Crippen LogP contribution in [0, 0.1) is 29.1 Å². The molecule has 3 aliphatic rings. The number of aromatic amines is 1. The molecular weight excluding hydrogens is 573 g/mol. The summed E-state index contributed by atoms with van der Waals surface area (Å²) in [6.07, 6.45) is 1.20. The van der Waals surface area contributed by atoms with Crippen LogP contribution in [0.1, 0.15) is 82.4 Å². The maximum Gasteiger partial charge on any atom is 0.405 e. The molecular formula is C29H35F3N4O5S. The first-order valence-corrected chi connectivity index (χ1v) is 15.2.